The van der Waals surface area contributed by atoms with Crippen molar-refractivity contribution in [1.82, 2.24) is 89.5 Å². The summed E-state index contributed by atoms with van der Waals surface area (Å²) in [6, 6.07) is 58.8. The van der Waals surface area contributed by atoms with Gasteiger partial charge in [-0.3, -0.25) is 9.59 Å². The number of hydrogen-bond donors (Lipinski definition) is 9. The van der Waals surface area contributed by atoms with Crippen molar-refractivity contribution in [3.8, 4) is 96.9 Å². The maximum atomic E-state index is 12.8. The Morgan fingerprint density at radius 1 is 0.425 bits per heavy atom. The van der Waals surface area contributed by atoms with Crippen molar-refractivity contribution in [2.24, 2.45) is 0 Å². The van der Waals surface area contributed by atoms with Gasteiger partial charge >= 0.3 is 0 Å². The van der Waals surface area contributed by atoms with E-state index in [0.717, 1.165) is 66.4 Å². The number of sulfone groups is 1. The van der Waals surface area contributed by atoms with Gasteiger partial charge in [0.25, 0.3) is 11.8 Å². The van der Waals surface area contributed by atoms with E-state index in [4.69, 9.17) is 32.7 Å². The van der Waals surface area contributed by atoms with Crippen LogP contribution < -0.4 is 22.9 Å². The number of ether oxygens (including phenoxy) is 1. The molecule has 9 heterocycles. The Kier molecular flexibility index (Phi) is 19.4. The lowest BCUT2D eigenvalue weighted by atomic mass is 10.1. The number of para-hydroxylation sites is 8. The summed E-state index contributed by atoms with van der Waals surface area (Å²) >= 11 is 0. The fraction of sp³-hybridized carbons (Fsp3) is 0.0909. The molecule has 1 aliphatic rings. The zero-order chi connectivity index (χ0) is 73.6. The maximum absolute atomic E-state index is 12.8. The third-order valence-corrected chi connectivity index (χ3v) is 18.0. The van der Waals surface area contributed by atoms with Crippen LogP contribution in [-0.4, -0.2) is 162 Å². The van der Waals surface area contributed by atoms with Gasteiger partial charge in [-0.05, 0) is 97.1 Å². The average molecular weight is 1430 g/mol. The Morgan fingerprint density at radius 3 is 1.13 bits per heavy atom. The van der Waals surface area contributed by atoms with Crippen LogP contribution in [0.4, 0.5) is 23.3 Å². The van der Waals surface area contributed by atoms with E-state index in [1.807, 2.05) is 140 Å². The number of aromatic nitrogens is 16. The Labute approximate surface area is 604 Å². The van der Waals surface area contributed by atoms with Crippen LogP contribution in [0.5, 0.6) is 5.75 Å². The van der Waals surface area contributed by atoms with E-state index in [0.29, 0.717) is 124 Å². The summed E-state index contributed by atoms with van der Waals surface area (Å²) in [7, 11) is 0.202. The lowest BCUT2D eigenvalue weighted by molar-refractivity contribution is 0.0303. The van der Waals surface area contributed by atoms with Crippen LogP contribution in [0.2, 0.25) is 0 Å². The number of aromatic amines is 4. The first-order valence-electron chi connectivity index (χ1n) is 33.0. The summed E-state index contributed by atoms with van der Waals surface area (Å²) in [4.78, 5) is 94.9. The van der Waals surface area contributed by atoms with Gasteiger partial charge in [0, 0.05) is 66.8 Å². The molecule has 0 bridgehead atoms. The SMILES string of the molecule is CN(C)C(=O)c1ccc(-c2cnc(N)c(-c3nc4ccccc4[nH]3)n2)cc1.CS(=O)(=O)c1ccc(-c2cnc(N)c(-c3nc4ccccc4[nH]3)n2)cc1.Nc1ncc(-c2cccc(C(=O)N3CCOCC3)c2)nc1-c1nc2ccccc2[nH]1.Nc1ncc(-c2cccc(O)c2)nc1-c1nc2ccccc2[nH]1. The van der Waals surface area contributed by atoms with Gasteiger partial charge in [0.05, 0.1) is 110 Å². The molecule has 106 heavy (non-hydrogen) atoms. The normalized spacial score (nSPS) is 12.0. The first kappa shape index (κ1) is 68.9. The molecule has 0 unspecified atom stereocenters. The highest BCUT2D eigenvalue weighted by Gasteiger charge is 2.22. The molecule has 0 radical (unpaired) electrons. The van der Waals surface area contributed by atoms with E-state index in [-0.39, 0.29) is 28.3 Å². The molecular weight excluding hydrogens is 1360 g/mol. The van der Waals surface area contributed by atoms with Gasteiger partial charge in [0.15, 0.2) is 56.4 Å². The van der Waals surface area contributed by atoms with E-state index >= 15 is 0 Å². The molecule has 0 saturated carbocycles. The Balaban J connectivity index is 0.000000119. The predicted octanol–water partition coefficient (Wildman–Crippen LogP) is 11.4. The van der Waals surface area contributed by atoms with Crippen molar-refractivity contribution in [3.63, 3.8) is 0 Å². The van der Waals surface area contributed by atoms with E-state index in [2.05, 4.69) is 74.8 Å². The number of rotatable bonds is 11. The highest BCUT2D eigenvalue weighted by Crippen LogP contribution is 2.32. The number of nitrogens with one attached hydrogen (secondary N) is 4. The number of benzene rings is 8. The first-order valence-corrected chi connectivity index (χ1v) is 34.9. The minimum Gasteiger partial charge on any atom is -0.508 e. The number of morpholine rings is 1. The van der Waals surface area contributed by atoms with E-state index < -0.39 is 9.84 Å². The Bertz CT molecular complexity index is 5920. The lowest BCUT2D eigenvalue weighted by Crippen LogP contribution is -2.40. The third kappa shape index (κ3) is 15.2. The molecule has 13 N–H and O–H groups in total. The number of hydrogen-bond acceptors (Lipinski definition) is 22. The van der Waals surface area contributed by atoms with Crippen LogP contribution in [0.1, 0.15) is 20.7 Å². The minimum absolute atomic E-state index is 0.0129. The molecule has 0 atom stereocenters. The Morgan fingerprint density at radius 2 is 0.774 bits per heavy atom. The molecule has 1 aliphatic heterocycles. The number of carbonyl (C=O) groups is 2. The van der Waals surface area contributed by atoms with Crippen LogP contribution in [0.25, 0.3) is 135 Å². The minimum atomic E-state index is -3.25. The number of anilines is 4. The molecule has 0 spiro atoms. The van der Waals surface area contributed by atoms with Crippen LogP contribution in [0.15, 0.2) is 224 Å². The Hall–Kier alpha value is -14.2. The molecule has 2 amide bonds. The van der Waals surface area contributed by atoms with Crippen LogP contribution >= 0.6 is 0 Å². The van der Waals surface area contributed by atoms with Crippen LogP contribution in [0, 0.1) is 0 Å². The largest absolute Gasteiger partial charge is 0.508 e. The van der Waals surface area contributed by atoms with Gasteiger partial charge in [0.1, 0.15) is 28.5 Å². The molecular formula is C77H66N22O6S. The summed E-state index contributed by atoms with van der Waals surface area (Å²) in [5, 5.41) is 9.62. The molecule has 526 valence electrons. The number of nitrogen functional groups attached to an aromatic ring is 4. The molecule has 8 aromatic carbocycles. The quantitative estimate of drug-likeness (QED) is 0.0581. The molecule has 0 aliphatic carbocycles. The second-order valence-corrected chi connectivity index (χ2v) is 26.5. The number of imidazole rings is 4. The number of phenols is 1. The van der Waals surface area contributed by atoms with Crippen LogP contribution in [0.3, 0.4) is 0 Å². The van der Waals surface area contributed by atoms with Gasteiger partial charge in [0.2, 0.25) is 0 Å². The summed E-state index contributed by atoms with van der Waals surface area (Å²) in [5.41, 5.74) is 39.7. The molecule has 29 heteroatoms. The molecule has 1 saturated heterocycles. The van der Waals surface area contributed by atoms with Crippen molar-refractivity contribution in [3.05, 3.63) is 230 Å². The molecule has 16 aromatic rings. The number of carbonyl (C=O) groups excluding carboxylic acids is 2. The molecule has 17 rings (SSSR count). The smallest absolute Gasteiger partial charge is 0.254 e. The molecule has 8 aromatic heterocycles. The molecule has 28 nitrogen and oxygen atoms in total. The van der Waals surface area contributed by atoms with E-state index in [1.54, 1.807) is 98.4 Å². The fourth-order valence-corrected chi connectivity index (χ4v) is 12.1. The number of nitrogens with zero attached hydrogens (tertiary/aromatic N) is 14. The number of fused-ring (bicyclic) bond motifs is 4. The zero-order valence-corrected chi connectivity index (χ0v) is 57.9. The lowest BCUT2D eigenvalue weighted by Gasteiger charge is -2.27. The summed E-state index contributed by atoms with van der Waals surface area (Å²) in [6.07, 6.45) is 7.53. The second-order valence-electron chi connectivity index (χ2n) is 24.5. The van der Waals surface area contributed by atoms with Crippen molar-refractivity contribution < 1.29 is 27.9 Å². The molecule has 1 fully saturated rings. The van der Waals surface area contributed by atoms with Gasteiger partial charge < -0.3 is 62.5 Å². The maximum Gasteiger partial charge on any atom is 0.254 e. The van der Waals surface area contributed by atoms with Gasteiger partial charge in [-0.15, -0.1) is 0 Å². The van der Waals surface area contributed by atoms with Gasteiger partial charge in [-0.2, -0.15) is 0 Å². The van der Waals surface area contributed by atoms with Crippen molar-refractivity contribution in [1.29, 1.82) is 0 Å². The number of phenolic OH excluding ortho intramolecular Hbond substituents is 1. The second kappa shape index (κ2) is 29.8. The fourth-order valence-electron chi connectivity index (χ4n) is 11.4. The van der Waals surface area contributed by atoms with E-state index in [9.17, 15) is 23.1 Å². The monoisotopic (exact) mass is 1430 g/mol. The summed E-state index contributed by atoms with van der Waals surface area (Å²) < 4.78 is 28.5. The van der Waals surface area contributed by atoms with Crippen molar-refractivity contribution in [2.75, 3.05) is 69.6 Å². The number of amides is 2. The topological polar surface area (TPSA) is 426 Å². The van der Waals surface area contributed by atoms with Gasteiger partial charge in [-0.1, -0.05) is 97.1 Å². The summed E-state index contributed by atoms with van der Waals surface area (Å²) in [5.74, 6) is 3.50. The van der Waals surface area contributed by atoms with E-state index in [1.165, 1.54) is 11.2 Å². The first-order chi connectivity index (χ1) is 51.3. The van der Waals surface area contributed by atoms with Crippen molar-refractivity contribution in [2.45, 2.75) is 4.90 Å². The highest BCUT2D eigenvalue weighted by molar-refractivity contribution is 7.90. The summed E-state index contributed by atoms with van der Waals surface area (Å²) in [6.45, 7) is 2.33. The van der Waals surface area contributed by atoms with Crippen molar-refractivity contribution >= 4 is 89.1 Å². The number of aromatic hydroxyl groups is 1. The zero-order valence-electron chi connectivity index (χ0n) is 57.1. The van der Waals surface area contributed by atoms with Crippen LogP contribution in [-0.2, 0) is 14.6 Å². The number of H-pyrrole nitrogens is 4. The third-order valence-electron chi connectivity index (χ3n) is 16.9. The predicted molar refractivity (Wildman–Crippen MR) is 407 cm³/mol. The standard InChI is InChI=1S/C22H20N6O2.C20H18N6O.C18H15N5O2S.C17H13N5O/c23-20-19(21-26-16-6-1-2-7-17(16)27-21)25-18(13-24-20)14-4-3-5-15(12-14)22(29)28-8-10-30-11-9-28;1-26(2)20(27)13-9-7-12(8-10-13)16-11-22-18(21)17(23-16)19-24-14-5-3-4-6-15(14)25-19;1-26(24,25)12-8-6-11(7-9-12)15-10-20-17(19)16(21-15)18-22-13-4-2-3-5-14(13)23-18;18-16-15(17-21-12-6-1-2-7-13(12)22-17)20-14(9-19-16)10-4-3-5-11(23)8-10/h1-7,12-13H,8-11H2,(H2,23,24)(H,26,27);3-11H,1-2H3,(H2,21,22)(H,24,25);2-10H,1H3,(H2,19,20)(H,22,23);1-9,23H,(H2,18,19)(H,21,22). The van der Waals surface area contributed by atoms with Gasteiger partial charge in [-0.25, -0.2) is 68.2 Å². The average Bonchev–Trinajstić information content (AvgIpc) is 1.56. The number of nitrogens with two attached hydrogens (primary N) is 4. The highest BCUT2D eigenvalue weighted by atomic mass is 32.2.